The van der Waals surface area contributed by atoms with Crippen LogP contribution in [0.1, 0.15) is 68.7 Å². The highest BCUT2D eigenvalue weighted by Gasteiger charge is 2.37. The maximum absolute atomic E-state index is 10.2. The third-order valence-electron chi connectivity index (χ3n) is 4.31. The number of nitrogens with zero attached hydrogens (tertiary/aromatic N) is 2. The number of hydrogen-bond donors (Lipinski definition) is 1. The van der Waals surface area contributed by atoms with Crippen LogP contribution >= 0.6 is 0 Å². The molecule has 0 saturated heterocycles. The largest absolute Gasteiger partial charge is 0.392 e. The highest BCUT2D eigenvalue weighted by Crippen LogP contribution is 2.42. The van der Waals surface area contributed by atoms with Crippen LogP contribution in [0.15, 0.2) is 4.52 Å². The zero-order valence-electron chi connectivity index (χ0n) is 11.4. The molecule has 3 atom stereocenters. The lowest BCUT2D eigenvalue weighted by atomic mass is 9.97. The van der Waals surface area contributed by atoms with E-state index in [2.05, 4.69) is 10.1 Å². The average molecular weight is 266 g/mol. The summed E-state index contributed by atoms with van der Waals surface area (Å²) >= 11 is 0. The van der Waals surface area contributed by atoms with Crippen molar-refractivity contribution in [3.05, 3.63) is 11.7 Å². The molecule has 0 spiro atoms. The van der Waals surface area contributed by atoms with Crippen molar-refractivity contribution in [2.24, 2.45) is 5.92 Å². The van der Waals surface area contributed by atoms with Crippen LogP contribution in [-0.4, -0.2) is 28.5 Å². The maximum atomic E-state index is 10.2. The van der Waals surface area contributed by atoms with E-state index in [4.69, 9.17) is 9.26 Å². The number of hydrogen-bond acceptors (Lipinski definition) is 5. The minimum absolute atomic E-state index is 0.000425. The molecule has 0 aliphatic heterocycles. The highest BCUT2D eigenvalue weighted by molar-refractivity contribution is 5.03. The van der Waals surface area contributed by atoms with Crippen molar-refractivity contribution in [2.45, 2.75) is 63.1 Å². The molecule has 3 rings (SSSR count). The van der Waals surface area contributed by atoms with Gasteiger partial charge in [-0.1, -0.05) is 24.4 Å². The summed E-state index contributed by atoms with van der Waals surface area (Å²) in [5, 5.41) is 14.2. The van der Waals surface area contributed by atoms with Crippen LogP contribution in [0.2, 0.25) is 0 Å². The van der Waals surface area contributed by atoms with E-state index in [9.17, 15) is 5.11 Å². The van der Waals surface area contributed by atoms with Gasteiger partial charge in [0.25, 0.3) is 0 Å². The molecule has 1 N–H and O–H groups in total. The molecule has 2 aliphatic carbocycles. The molecular formula is C14H22N2O3. The Morgan fingerprint density at radius 1 is 1.21 bits per heavy atom. The fraction of sp³-hybridized carbons (Fsp3) is 0.857. The third-order valence-corrected chi connectivity index (χ3v) is 4.31. The van der Waals surface area contributed by atoms with Crippen LogP contribution < -0.4 is 0 Å². The van der Waals surface area contributed by atoms with Gasteiger partial charge in [0.15, 0.2) is 0 Å². The first kappa shape index (κ1) is 13.1. The molecule has 3 unspecified atom stereocenters. The quantitative estimate of drug-likeness (QED) is 0.848. The zero-order valence-corrected chi connectivity index (χ0v) is 11.4. The van der Waals surface area contributed by atoms with Crippen LogP contribution in [0.5, 0.6) is 0 Å². The maximum Gasteiger partial charge on any atom is 0.232 e. The predicted octanol–water partition coefficient (Wildman–Crippen LogP) is 2.58. The first-order chi connectivity index (χ1) is 9.29. The van der Waals surface area contributed by atoms with E-state index in [0.717, 1.165) is 25.7 Å². The molecule has 0 amide bonds. The summed E-state index contributed by atoms with van der Waals surface area (Å²) in [6.45, 7) is 0. The van der Waals surface area contributed by atoms with E-state index in [-0.39, 0.29) is 18.1 Å². The second kappa shape index (κ2) is 5.59. The van der Waals surface area contributed by atoms with Gasteiger partial charge >= 0.3 is 0 Å². The van der Waals surface area contributed by atoms with Gasteiger partial charge in [0, 0.05) is 7.11 Å². The van der Waals surface area contributed by atoms with Gasteiger partial charge in [0.2, 0.25) is 11.7 Å². The van der Waals surface area contributed by atoms with Crippen molar-refractivity contribution in [3.63, 3.8) is 0 Å². The van der Waals surface area contributed by atoms with Crippen LogP contribution in [0, 0.1) is 5.92 Å². The molecule has 0 aromatic carbocycles. The van der Waals surface area contributed by atoms with Gasteiger partial charge in [0.1, 0.15) is 6.10 Å². The SMILES string of the molecule is COC(c1noc(C2CCCCCC2O)n1)C1CC1. The van der Waals surface area contributed by atoms with Gasteiger partial charge in [0.05, 0.1) is 12.0 Å². The third kappa shape index (κ3) is 2.82. The Morgan fingerprint density at radius 3 is 2.74 bits per heavy atom. The lowest BCUT2D eigenvalue weighted by Crippen LogP contribution is -2.17. The normalized spacial score (nSPS) is 30.0. The van der Waals surface area contributed by atoms with E-state index in [0.29, 0.717) is 17.6 Å². The van der Waals surface area contributed by atoms with Gasteiger partial charge in [-0.3, -0.25) is 0 Å². The number of methoxy groups -OCH3 is 1. The minimum atomic E-state index is -0.349. The fourth-order valence-corrected chi connectivity index (χ4v) is 3.00. The van der Waals surface area contributed by atoms with Crippen molar-refractivity contribution in [1.82, 2.24) is 10.1 Å². The Balaban J connectivity index is 1.75. The number of aromatic nitrogens is 2. The van der Waals surface area contributed by atoms with E-state index in [1.54, 1.807) is 7.11 Å². The molecule has 1 aromatic heterocycles. The van der Waals surface area contributed by atoms with Gasteiger partial charge in [-0.05, 0) is 31.6 Å². The molecule has 2 saturated carbocycles. The van der Waals surface area contributed by atoms with Crippen molar-refractivity contribution >= 4 is 0 Å². The van der Waals surface area contributed by atoms with Crippen molar-refractivity contribution in [3.8, 4) is 0 Å². The molecule has 5 heteroatoms. The molecule has 5 nitrogen and oxygen atoms in total. The summed E-state index contributed by atoms with van der Waals surface area (Å²) in [6, 6.07) is 0. The summed E-state index contributed by atoms with van der Waals surface area (Å²) < 4.78 is 10.9. The second-order valence-corrected chi connectivity index (χ2v) is 5.80. The molecule has 1 heterocycles. The molecule has 2 aliphatic rings. The summed E-state index contributed by atoms with van der Waals surface area (Å²) in [6.07, 6.45) is 7.11. The van der Waals surface area contributed by atoms with E-state index in [1.807, 2.05) is 0 Å². The van der Waals surface area contributed by atoms with Gasteiger partial charge < -0.3 is 14.4 Å². The van der Waals surface area contributed by atoms with Gasteiger partial charge in [-0.15, -0.1) is 0 Å². The Morgan fingerprint density at radius 2 is 2.00 bits per heavy atom. The average Bonchev–Trinajstić information content (AvgIpc) is 3.16. The summed E-state index contributed by atoms with van der Waals surface area (Å²) in [5.41, 5.74) is 0. The molecule has 1 aromatic rings. The standard InChI is InChI=1S/C14H22N2O3/c1-18-12(9-7-8-9)13-15-14(19-16-13)10-5-3-2-4-6-11(10)17/h9-12,17H,2-8H2,1H3. The van der Waals surface area contributed by atoms with E-state index >= 15 is 0 Å². The molecule has 2 fully saturated rings. The van der Waals surface area contributed by atoms with Crippen LogP contribution in [0.25, 0.3) is 0 Å². The monoisotopic (exact) mass is 266 g/mol. The fourth-order valence-electron chi connectivity index (χ4n) is 3.00. The summed E-state index contributed by atoms with van der Waals surface area (Å²) in [5.74, 6) is 1.78. The van der Waals surface area contributed by atoms with Crippen LogP contribution in [0.4, 0.5) is 0 Å². The van der Waals surface area contributed by atoms with Gasteiger partial charge in [-0.2, -0.15) is 4.98 Å². The van der Waals surface area contributed by atoms with Gasteiger partial charge in [-0.25, -0.2) is 0 Å². The van der Waals surface area contributed by atoms with Crippen molar-refractivity contribution < 1.29 is 14.4 Å². The van der Waals surface area contributed by atoms with Crippen molar-refractivity contribution in [1.29, 1.82) is 0 Å². The van der Waals surface area contributed by atoms with Crippen LogP contribution in [0.3, 0.4) is 0 Å². The molecule has 106 valence electrons. The van der Waals surface area contributed by atoms with Crippen LogP contribution in [-0.2, 0) is 4.74 Å². The summed E-state index contributed by atoms with van der Waals surface area (Å²) in [4.78, 5) is 4.50. The highest BCUT2D eigenvalue weighted by atomic mass is 16.5. The number of rotatable bonds is 4. The lowest BCUT2D eigenvalue weighted by molar-refractivity contribution is 0.0750. The Labute approximate surface area is 113 Å². The minimum Gasteiger partial charge on any atom is -0.392 e. The summed E-state index contributed by atoms with van der Waals surface area (Å²) in [7, 11) is 1.69. The lowest BCUT2D eigenvalue weighted by Gasteiger charge is -2.15. The predicted molar refractivity (Wildman–Crippen MR) is 68.6 cm³/mol. The second-order valence-electron chi connectivity index (χ2n) is 5.80. The number of aliphatic hydroxyl groups excluding tert-OH is 1. The first-order valence-electron chi connectivity index (χ1n) is 7.34. The molecule has 0 radical (unpaired) electrons. The van der Waals surface area contributed by atoms with E-state index < -0.39 is 0 Å². The molecular weight excluding hydrogens is 244 g/mol. The van der Waals surface area contributed by atoms with E-state index in [1.165, 1.54) is 19.3 Å². The molecule has 19 heavy (non-hydrogen) atoms. The Kier molecular flexibility index (Phi) is 3.84. The number of ether oxygens (including phenoxy) is 1. The topological polar surface area (TPSA) is 68.4 Å². The first-order valence-corrected chi connectivity index (χ1v) is 7.34. The zero-order chi connectivity index (χ0) is 13.2. The number of aliphatic hydroxyl groups is 1. The Hall–Kier alpha value is -0.940. The van der Waals surface area contributed by atoms with Crippen molar-refractivity contribution in [2.75, 3.05) is 7.11 Å². The molecule has 0 bridgehead atoms. The Bertz CT molecular complexity index is 417. The smallest absolute Gasteiger partial charge is 0.232 e.